The molecule has 0 unspecified atom stereocenters. The van der Waals surface area contributed by atoms with E-state index in [9.17, 15) is 20.1 Å². The number of halogens is 2. The predicted octanol–water partition coefficient (Wildman–Crippen LogP) is 4.99. The molecule has 0 atom stereocenters. The van der Waals surface area contributed by atoms with Gasteiger partial charge in [0, 0.05) is 16.1 Å². The molecule has 30 heavy (non-hydrogen) atoms. The number of amidine groups is 1. The van der Waals surface area contributed by atoms with Gasteiger partial charge in [0.15, 0.2) is 17.2 Å². The van der Waals surface area contributed by atoms with Crippen molar-refractivity contribution in [3.8, 4) is 17.2 Å². The van der Waals surface area contributed by atoms with Gasteiger partial charge in [0.25, 0.3) is 5.91 Å². The minimum atomic E-state index is -0.756. The number of aromatic hydroxyl groups is 3. The molecule has 152 valence electrons. The molecule has 4 N–H and O–H groups in total. The molecule has 3 aromatic carbocycles. The molecule has 1 amide bonds. The Morgan fingerprint density at radius 3 is 2.17 bits per heavy atom. The average molecular weight is 445 g/mol. The van der Waals surface area contributed by atoms with Gasteiger partial charge < -0.3 is 15.3 Å². The molecule has 0 aromatic heterocycles. The number of amides is 1. The Morgan fingerprint density at radius 1 is 0.867 bits per heavy atom. The Hall–Kier alpha value is -3.62. The number of hydrazone groups is 1. The van der Waals surface area contributed by atoms with Crippen LogP contribution < -0.4 is 5.43 Å². The highest BCUT2D eigenvalue weighted by molar-refractivity contribution is 6.36. The summed E-state index contributed by atoms with van der Waals surface area (Å²) in [6.07, 6.45) is 0. The lowest BCUT2D eigenvalue weighted by molar-refractivity contribution is 0.0954. The number of hydrogen-bond acceptors (Lipinski definition) is 6. The van der Waals surface area contributed by atoms with Crippen LogP contribution in [0.25, 0.3) is 0 Å². The molecule has 0 radical (unpaired) electrons. The molecule has 0 saturated carbocycles. The summed E-state index contributed by atoms with van der Waals surface area (Å²) in [6, 6.07) is 15.4. The monoisotopic (exact) mass is 444 g/mol. The van der Waals surface area contributed by atoms with Gasteiger partial charge in [0.1, 0.15) is 5.69 Å². The third kappa shape index (κ3) is 5.05. The second kappa shape index (κ2) is 9.25. The van der Waals surface area contributed by atoms with E-state index in [1.165, 1.54) is 6.07 Å². The lowest BCUT2D eigenvalue weighted by Gasteiger charge is -2.06. The summed E-state index contributed by atoms with van der Waals surface area (Å²) in [5.74, 6) is -2.71. The Kier molecular flexibility index (Phi) is 6.51. The fraction of sp³-hybridized carbons (Fsp3) is 0. The van der Waals surface area contributed by atoms with Crippen LogP contribution in [0.4, 0.5) is 5.69 Å². The second-order valence-electron chi connectivity index (χ2n) is 5.90. The van der Waals surface area contributed by atoms with Crippen LogP contribution in [-0.2, 0) is 0 Å². The minimum absolute atomic E-state index is 0.0715. The first-order valence-corrected chi connectivity index (χ1v) is 9.16. The van der Waals surface area contributed by atoms with Crippen molar-refractivity contribution in [3.05, 3.63) is 81.8 Å². The number of carbonyl (C=O) groups excluding carboxylic acids is 1. The molecule has 0 saturated heterocycles. The fourth-order valence-corrected chi connectivity index (χ4v) is 2.75. The first-order valence-electron chi connectivity index (χ1n) is 8.40. The van der Waals surface area contributed by atoms with Crippen LogP contribution in [0.3, 0.4) is 0 Å². The largest absolute Gasteiger partial charge is 0.504 e. The van der Waals surface area contributed by atoms with Crippen molar-refractivity contribution >= 4 is 40.6 Å². The van der Waals surface area contributed by atoms with Crippen LogP contribution in [0, 0.1) is 0 Å². The van der Waals surface area contributed by atoms with Crippen molar-refractivity contribution in [2.24, 2.45) is 15.3 Å². The smallest absolute Gasteiger partial charge is 0.271 e. The Labute approximate surface area is 180 Å². The molecule has 3 rings (SSSR count). The zero-order valence-electron chi connectivity index (χ0n) is 15.1. The Morgan fingerprint density at radius 2 is 1.53 bits per heavy atom. The molecular weight excluding hydrogens is 431 g/mol. The molecule has 8 nitrogen and oxygen atoms in total. The van der Waals surface area contributed by atoms with Gasteiger partial charge in [-0.25, -0.2) is 5.43 Å². The number of nitrogens with one attached hydrogen (secondary N) is 1. The number of rotatable bonds is 4. The SMILES string of the molecule is O=C(N/N=C(/N=Nc1ccc(Cl)cc1Cl)c1ccccc1)c1cc(O)c(O)c(O)c1. The molecule has 3 aromatic rings. The number of benzene rings is 3. The van der Waals surface area contributed by atoms with E-state index in [1.54, 1.807) is 42.5 Å². The van der Waals surface area contributed by atoms with E-state index >= 15 is 0 Å². The summed E-state index contributed by atoms with van der Waals surface area (Å²) >= 11 is 12.0. The number of nitrogens with zero attached hydrogens (tertiary/aromatic N) is 3. The third-order valence-corrected chi connectivity index (χ3v) is 4.33. The van der Waals surface area contributed by atoms with E-state index in [1.807, 2.05) is 0 Å². The van der Waals surface area contributed by atoms with Crippen LogP contribution in [-0.4, -0.2) is 27.1 Å². The van der Waals surface area contributed by atoms with Crippen LogP contribution in [0.15, 0.2) is 76.0 Å². The molecule has 10 heteroatoms. The summed E-state index contributed by atoms with van der Waals surface area (Å²) in [4.78, 5) is 12.3. The summed E-state index contributed by atoms with van der Waals surface area (Å²) in [5.41, 5.74) is 3.05. The summed E-state index contributed by atoms with van der Waals surface area (Å²) < 4.78 is 0. The number of phenolic OH excluding ortho intramolecular Hbond substituents is 3. The first kappa shape index (κ1) is 21.1. The van der Waals surface area contributed by atoms with E-state index in [2.05, 4.69) is 20.8 Å². The van der Waals surface area contributed by atoms with Gasteiger partial charge in [-0.1, -0.05) is 53.5 Å². The molecular formula is C20H14Cl2N4O4. The van der Waals surface area contributed by atoms with Gasteiger partial charge in [0.05, 0.1) is 5.02 Å². The fourth-order valence-electron chi connectivity index (χ4n) is 2.30. The van der Waals surface area contributed by atoms with Crippen molar-refractivity contribution in [2.75, 3.05) is 0 Å². The third-order valence-electron chi connectivity index (χ3n) is 3.79. The molecule has 0 spiro atoms. The van der Waals surface area contributed by atoms with E-state index < -0.39 is 23.2 Å². The zero-order valence-corrected chi connectivity index (χ0v) is 16.6. The number of phenols is 3. The maximum absolute atomic E-state index is 12.3. The standard InChI is InChI=1S/C20H14Cl2N4O4/c21-13-6-7-15(14(22)10-13)23-24-19(11-4-2-1-3-5-11)25-26-20(30)12-8-16(27)18(29)17(28)9-12/h1-10,27-29H,(H,26,30)/b24-23?,25-19+. The molecule has 0 fully saturated rings. The van der Waals surface area contributed by atoms with Gasteiger partial charge in [-0.3, -0.25) is 4.79 Å². The van der Waals surface area contributed by atoms with E-state index in [0.717, 1.165) is 12.1 Å². The van der Waals surface area contributed by atoms with Crippen LogP contribution in [0.5, 0.6) is 17.2 Å². The van der Waals surface area contributed by atoms with Crippen molar-refractivity contribution in [2.45, 2.75) is 0 Å². The Bertz CT molecular complexity index is 1130. The lowest BCUT2D eigenvalue weighted by Crippen LogP contribution is -2.19. The lowest BCUT2D eigenvalue weighted by atomic mass is 10.2. The maximum Gasteiger partial charge on any atom is 0.271 e. The van der Waals surface area contributed by atoms with E-state index in [-0.39, 0.29) is 16.4 Å². The first-order chi connectivity index (χ1) is 14.3. The van der Waals surface area contributed by atoms with Crippen LogP contribution in [0.2, 0.25) is 10.0 Å². The summed E-state index contributed by atoms with van der Waals surface area (Å²) in [7, 11) is 0. The minimum Gasteiger partial charge on any atom is -0.504 e. The summed E-state index contributed by atoms with van der Waals surface area (Å²) in [5, 5.41) is 41.3. The van der Waals surface area contributed by atoms with Crippen molar-refractivity contribution in [3.63, 3.8) is 0 Å². The molecule has 0 bridgehead atoms. The summed E-state index contributed by atoms with van der Waals surface area (Å²) in [6.45, 7) is 0. The Balaban J connectivity index is 1.90. The number of carbonyl (C=O) groups is 1. The van der Waals surface area contributed by atoms with Gasteiger partial charge in [-0.05, 0) is 30.3 Å². The highest BCUT2D eigenvalue weighted by Crippen LogP contribution is 2.35. The second-order valence-corrected chi connectivity index (χ2v) is 6.74. The molecule has 0 heterocycles. The predicted molar refractivity (Wildman–Crippen MR) is 113 cm³/mol. The van der Waals surface area contributed by atoms with Gasteiger partial charge >= 0.3 is 0 Å². The topological polar surface area (TPSA) is 127 Å². The quantitative estimate of drug-likeness (QED) is 0.148. The number of azo groups is 1. The normalized spacial score (nSPS) is 11.6. The number of hydrogen-bond donors (Lipinski definition) is 4. The molecule has 0 aliphatic rings. The van der Waals surface area contributed by atoms with Gasteiger partial charge in [-0.15, -0.1) is 15.3 Å². The average Bonchev–Trinajstić information content (AvgIpc) is 2.73. The maximum atomic E-state index is 12.3. The van der Waals surface area contributed by atoms with Gasteiger partial charge in [-0.2, -0.15) is 0 Å². The van der Waals surface area contributed by atoms with Crippen LogP contribution in [0.1, 0.15) is 15.9 Å². The van der Waals surface area contributed by atoms with E-state index in [4.69, 9.17) is 23.2 Å². The highest BCUT2D eigenvalue weighted by atomic mass is 35.5. The van der Waals surface area contributed by atoms with Crippen LogP contribution >= 0.6 is 23.2 Å². The highest BCUT2D eigenvalue weighted by Gasteiger charge is 2.14. The zero-order chi connectivity index (χ0) is 21.7. The van der Waals surface area contributed by atoms with Crippen molar-refractivity contribution in [1.29, 1.82) is 0 Å². The molecule has 0 aliphatic carbocycles. The van der Waals surface area contributed by atoms with Gasteiger partial charge in [0.2, 0.25) is 5.84 Å². The van der Waals surface area contributed by atoms with Crippen molar-refractivity contribution in [1.82, 2.24) is 5.43 Å². The van der Waals surface area contributed by atoms with Crippen molar-refractivity contribution < 1.29 is 20.1 Å². The van der Waals surface area contributed by atoms with E-state index in [0.29, 0.717) is 16.3 Å². The molecule has 0 aliphatic heterocycles.